The second-order valence-electron chi connectivity index (χ2n) is 7.35. The van der Waals surface area contributed by atoms with Crippen LogP contribution >= 0.6 is 0 Å². The molecule has 1 N–H and O–H groups in total. The van der Waals surface area contributed by atoms with Crippen molar-refractivity contribution in [2.75, 3.05) is 52.5 Å². The van der Waals surface area contributed by atoms with Gasteiger partial charge in [-0.1, -0.05) is 13.8 Å². The Bertz CT molecular complexity index is 435. The fourth-order valence-corrected chi connectivity index (χ4v) is 3.21. The number of nitrogens with zero attached hydrogens (tertiary/aromatic N) is 2. The molecule has 1 unspecified atom stereocenters. The fraction of sp³-hybridized carbons (Fsp3) is 0.941. The van der Waals surface area contributed by atoms with Crippen molar-refractivity contribution in [3.63, 3.8) is 0 Å². The quantitative estimate of drug-likeness (QED) is 0.764. The van der Waals surface area contributed by atoms with Crippen LogP contribution in [0.3, 0.4) is 0 Å². The lowest BCUT2D eigenvalue weighted by atomic mass is 10.0. The molecule has 2 aliphatic rings. The summed E-state index contributed by atoms with van der Waals surface area (Å²) in [6.45, 7) is 6.45. The molecule has 0 aromatic rings. The van der Waals surface area contributed by atoms with Gasteiger partial charge in [0.2, 0.25) is 0 Å². The van der Waals surface area contributed by atoms with Crippen molar-refractivity contribution in [3.05, 3.63) is 0 Å². The molecule has 0 aromatic heterocycles. The number of hydrogen-bond acceptors (Lipinski definition) is 5. The van der Waals surface area contributed by atoms with Gasteiger partial charge in [-0.25, -0.2) is 4.79 Å². The number of carbonyl (C=O) groups is 1. The van der Waals surface area contributed by atoms with Crippen LogP contribution in [0.4, 0.5) is 18.0 Å². The van der Waals surface area contributed by atoms with Crippen molar-refractivity contribution < 1.29 is 27.4 Å². The number of halogens is 3. The van der Waals surface area contributed by atoms with Crippen LogP contribution in [0.15, 0.2) is 0 Å². The van der Waals surface area contributed by atoms with Crippen LogP contribution < -0.4 is 5.32 Å². The predicted molar refractivity (Wildman–Crippen MR) is 91.0 cm³/mol. The van der Waals surface area contributed by atoms with Crippen LogP contribution in [-0.2, 0) is 9.47 Å². The number of carbonyl (C=O) groups excluding carboxylic acids is 1. The molecule has 26 heavy (non-hydrogen) atoms. The van der Waals surface area contributed by atoms with Gasteiger partial charge in [0.1, 0.15) is 6.04 Å². The number of amides is 1. The Balaban J connectivity index is 1.76. The van der Waals surface area contributed by atoms with E-state index in [1.807, 2.05) is 13.8 Å². The number of likely N-dealkylation sites (tertiary alicyclic amines) is 1. The smallest absolute Gasteiger partial charge is 0.409 e. The van der Waals surface area contributed by atoms with Gasteiger partial charge < -0.3 is 19.7 Å². The van der Waals surface area contributed by atoms with Crippen molar-refractivity contribution in [2.24, 2.45) is 5.92 Å². The summed E-state index contributed by atoms with van der Waals surface area (Å²) in [7, 11) is 0. The van der Waals surface area contributed by atoms with Gasteiger partial charge >= 0.3 is 12.3 Å². The van der Waals surface area contributed by atoms with E-state index in [0.717, 1.165) is 0 Å². The predicted octanol–water partition coefficient (Wildman–Crippen LogP) is 2.10. The molecule has 0 spiro atoms. The van der Waals surface area contributed by atoms with Gasteiger partial charge in [0.05, 0.1) is 19.8 Å². The van der Waals surface area contributed by atoms with Crippen molar-refractivity contribution in [1.29, 1.82) is 0 Å². The maximum absolute atomic E-state index is 13.4. The van der Waals surface area contributed by atoms with E-state index in [4.69, 9.17) is 9.47 Å². The molecular formula is C17H30F3N3O3. The average Bonchev–Trinajstić information content (AvgIpc) is 2.60. The van der Waals surface area contributed by atoms with Crippen LogP contribution in [0.2, 0.25) is 0 Å². The van der Waals surface area contributed by atoms with E-state index in [1.165, 1.54) is 4.90 Å². The number of morpholine rings is 1. The highest BCUT2D eigenvalue weighted by Gasteiger charge is 2.44. The molecule has 2 fully saturated rings. The molecule has 1 atom stereocenters. The first-order chi connectivity index (χ1) is 12.3. The number of nitrogens with one attached hydrogen (secondary N) is 1. The zero-order valence-electron chi connectivity index (χ0n) is 15.6. The normalized spacial score (nSPS) is 21.8. The van der Waals surface area contributed by atoms with Gasteiger partial charge in [-0.05, 0) is 18.8 Å². The zero-order chi connectivity index (χ0) is 19.2. The first-order valence-electron chi connectivity index (χ1n) is 9.31. The lowest BCUT2D eigenvalue weighted by Crippen LogP contribution is -2.56. The summed E-state index contributed by atoms with van der Waals surface area (Å²) in [5, 5.41) is 3.05. The largest absolute Gasteiger partial charge is 0.449 e. The van der Waals surface area contributed by atoms with E-state index in [-0.39, 0.29) is 24.6 Å². The standard InChI is InChI=1S/C17H30F3N3O3/c1-13(2)12-26-16(24)23-5-3-14(4-6-23)21-11-15(17(18,19)20)22-7-9-25-10-8-22/h13-15,21H,3-12H2,1-2H3. The molecule has 2 saturated heterocycles. The second kappa shape index (κ2) is 9.75. The molecule has 2 rings (SSSR count). The summed E-state index contributed by atoms with van der Waals surface area (Å²) in [5.41, 5.74) is 0. The average molecular weight is 381 g/mol. The molecule has 6 nitrogen and oxygen atoms in total. The summed E-state index contributed by atoms with van der Waals surface area (Å²) in [6, 6.07) is -1.52. The number of piperidine rings is 1. The second-order valence-corrected chi connectivity index (χ2v) is 7.35. The molecule has 0 aliphatic carbocycles. The molecule has 0 bridgehead atoms. The Hall–Kier alpha value is -1.06. The summed E-state index contributed by atoms with van der Waals surface area (Å²) in [4.78, 5) is 15.0. The van der Waals surface area contributed by atoms with E-state index in [2.05, 4.69) is 5.32 Å². The molecule has 1 amide bonds. The monoisotopic (exact) mass is 381 g/mol. The number of rotatable bonds is 6. The van der Waals surface area contributed by atoms with Crippen molar-refractivity contribution in [3.8, 4) is 0 Å². The minimum Gasteiger partial charge on any atom is -0.449 e. The summed E-state index contributed by atoms with van der Waals surface area (Å²) in [6.07, 6.45) is -3.35. The van der Waals surface area contributed by atoms with Crippen LogP contribution in [0.25, 0.3) is 0 Å². The van der Waals surface area contributed by atoms with Gasteiger partial charge in [-0.15, -0.1) is 0 Å². The highest BCUT2D eigenvalue weighted by Crippen LogP contribution is 2.25. The third kappa shape index (κ3) is 6.59. The first-order valence-corrected chi connectivity index (χ1v) is 9.31. The van der Waals surface area contributed by atoms with Gasteiger partial charge in [-0.3, -0.25) is 4.90 Å². The minimum absolute atomic E-state index is 0.0185. The van der Waals surface area contributed by atoms with E-state index < -0.39 is 12.2 Å². The Labute approximate surface area is 153 Å². The Morgan fingerprint density at radius 3 is 2.35 bits per heavy atom. The Morgan fingerprint density at radius 2 is 1.81 bits per heavy atom. The third-order valence-electron chi connectivity index (χ3n) is 4.76. The lowest BCUT2D eigenvalue weighted by molar-refractivity contribution is -0.190. The summed E-state index contributed by atoms with van der Waals surface area (Å²) >= 11 is 0. The van der Waals surface area contributed by atoms with Crippen molar-refractivity contribution in [1.82, 2.24) is 15.1 Å². The molecule has 0 radical (unpaired) electrons. The Morgan fingerprint density at radius 1 is 1.19 bits per heavy atom. The number of ether oxygens (including phenoxy) is 2. The molecule has 0 saturated carbocycles. The van der Waals surface area contributed by atoms with Gasteiger partial charge in [0, 0.05) is 38.8 Å². The van der Waals surface area contributed by atoms with Crippen LogP contribution in [0.5, 0.6) is 0 Å². The van der Waals surface area contributed by atoms with E-state index >= 15 is 0 Å². The molecule has 2 aliphatic heterocycles. The zero-order valence-corrected chi connectivity index (χ0v) is 15.6. The Kier molecular flexibility index (Phi) is 7.97. The van der Waals surface area contributed by atoms with Gasteiger partial charge in [0.25, 0.3) is 0 Å². The fourth-order valence-electron chi connectivity index (χ4n) is 3.21. The molecule has 9 heteroatoms. The molecule has 0 aromatic carbocycles. The topological polar surface area (TPSA) is 54.0 Å². The van der Waals surface area contributed by atoms with Gasteiger partial charge in [-0.2, -0.15) is 13.2 Å². The minimum atomic E-state index is -4.27. The molecular weight excluding hydrogens is 351 g/mol. The maximum atomic E-state index is 13.4. The van der Waals surface area contributed by atoms with Crippen LogP contribution in [0, 0.1) is 5.92 Å². The third-order valence-corrected chi connectivity index (χ3v) is 4.76. The first kappa shape index (κ1) is 21.2. The SMILES string of the molecule is CC(C)COC(=O)N1CCC(NCC(N2CCOCC2)C(F)(F)F)CC1. The van der Waals surface area contributed by atoms with E-state index in [1.54, 1.807) is 4.90 Å². The number of hydrogen-bond donors (Lipinski definition) is 1. The van der Waals surface area contributed by atoms with E-state index in [0.29, 0.717) is 58.8 Å². The van der Waals surface area contributed by atoms with Crippen LogP contribution in [0.1, 0.15) is 26.7 Å². The summed E-state index contributed by atoms with van der Waals surface area (Å²) < 4.78 is 50.5. The van der Waals surface area contributed by atoms with Crippen LogP contribution in [-0.4, -0.2) is 86.7 Å². The summed E-state index contributed by atoms with van der Waals surface area (Å²) in [5.74, 6) is 0.276. The highest BCUT2D eigenvalue weighted by atomic mass is 19.4. The molecule has 152 valence electrons. The highest BCUT2D eigenvalue weighted by molar-refractivity contribution is 5.67. The van der Waals surface area contributed by atoms with E-state index in [9.17, 15) is 18.0 Å². The van der Waals surface area contributed by atoms with Gasteiger partial charge in [0.15, 0.2) is 0 Å². The maximum Gasteiger partial charge on any atom is 0.409 e. The van der Waals surface area contributed by atoms with Crippen molar-refractivity contribution in [2.45, 2.75) is 44.9 Å². The lowest BCUT2D eigenvalue weighted by Gasteiger charge is -2.37. The number of alkyl halides is 3. The van der Waals surface area contributed by atoms with Crippen molar-refractivity contribution >= 4 is 6.09 Å². The molecule has 2 heterocycles.